The third-order valence-corrected chi connectivity index (χ3v) is 11.9. The van der Waals surface area contributed by atoms with E-state index in [-0.39, 0.29) is 24.5 Å². The number of esters is 2. The fourth-order valence-electron chi connectivity index (χ4n) is 8.25. The number of nitrogens with zero attached hydrogens (tertiary/aromatic N) is 1. The molecule has 0 aromatic carbocycles. The van der Waals surface area contributed by atoms with Gasteiger partial charge in [-0.1, -0.05) is 156 Å². The quantitative estimate of drug-likeness (QED) is 0.0506. The summed E-state index contributed by atoms with van der Waals surface area (Å²) in [5.74, 6) is 1.14. The Morgan fingerprint density at radius 1 is 0.538 bits per heavy atom. The fourth-order valence-corrected chi connectivity index (χ4v) is 8.25. The van der Waals surface area contributed by atoms with Gasteiger partial charge in [0.25, 0.3) is 0 Å². The lowest BCUT2D eigenvalue weighted by Gasteiger charge is -2.35. The van der Waals surface area contributed by atoms with E-state index in [9.17, 15) is 14.7 Å². The molecule has 0 bridgehead atoms. The molecule has 308 valence electrons. The van der Waals surface area contributed by atoms with Crippen molar-refractivity contribution in [1.29, 1.82) is 0 Å². The molecule has 1 aliphatic rings. The molecule has 1 N–H and O–H groups in total. The van der Waals surface area contributed by atoms with Gasteiger partial charge in [0, 0.05) is 25.4 Å². The van der Waals surface area contributed by atoms with Gasteiger partial charge in [-0.3, -0.25) is 9.59 Å². The first kappa shape index (κ1) is 48.9. The molecule has 2 atom stereocenters. The Morgan fingerprint density at radius 3 is 1.29 bits per heavy atom. The average Bonchev–Trinajstić information content (AvgIpc) is 3.15. The average molecular weight is 736 g/mol. The normalized spacial score (nSPS) is 15.8. The van der Waals surface area contributed by atoms with Gasteiger partial charge < -0.3 is 19.5 Å². The number of hydrogen-bond donors (Lipinski definition) is 1. The van der Waals surface area contributed by atoms with Gasteiger partial charge >= 0.3 is 11.9 Å². The van der Waals surface area contributed by atoms with Crippen LogP contribution < -0.4 is 0 Å². The lowest BCUT2D eigenvalue weighted by Crippen LogP contribution is -2.39. The van der Waals surface area contributed by atoms with E-state index in [1.807, 2.05) is 0 Å². The van der Waals surface area contributed by atoms with Gasteiger partial charge in [-0.05, 0) is 88.8 Å². The van der Waals surface area contributed by atoms with Crippen LogP contribution in [0.5, 0.6) is 0 Å². The van der Waals surface area contributed by atoms with Crippen molar-refractivity contribution in [3.63, 3.8) is 0 Å². The van der Waals surface area contributed by atoms with E-state index < -0.39 is 0 Å². The summed E-state index contributed by atoms with van der Waals surface area (Å²) in [7, 11) is 0. The third-order valence-electron chi connectivity index (χ3n) is 11.9. The number of rotatable bonds is 37. The van der Waals surface area contributed by atoms with Gasteiger partial charge in [-0.2, -0.15) is 0 Å². The summed E-state index contributed by atoms with van der Waals surface area (Å²) in [5.41, 5.74) is 0. The van der Waals surface area contributed by atoms with Gasteiger partial charge in [0.05, 0.1) is 13.2 Å². The molecule has 6 nitrogen and oxygen atoms in total. The van der Waals surface area contributed by atoms with E-state index in [1.54, 1.807) is 0 Å². The molecule has 1 heterocycles. The van der Waals surface area contributed by atoms with Gasteiger partial charge in [-0.15, -0.1) is 0 Å². The molecule has 1 rings (SSSR count). The van der Waals surface area contributed by atoms with E-state index in [2.05, 4.69) is 32.6 Å². The van der Waals surface area contributed by atoms with E-state index in [0.29, 0.717) is 43.8 Å². The highest BCUT2D eigenvalue weighted by Crippen LogP contribution is 2.29. The van der Waals surface area contributed by atoms with Crippen LogP contribution in [0.1, 0.15) is 220 Å². The Bertz CT molecular complexity index is 748. The topological polar surface area (TPSA) is 76.1 Å². The number of aliphatic hydroxyl groups is 1. The van der Waals surface area contributed by atoms with E-state index in [1.165, 1.54) is 128 Å². The molecular formula is C46H89NO5. The minimum Gasteiger partial charge on any atom is -0.465 e. The van der Waals surface area contributed by atoms with Crippen molar-refractivity contribution in [3.8, 4) is 0 Å². The molecular weight excluding hydrogens is 647 g/mol. The molecule has 0 aromatic rings. The Balaban J connectivity index is 2.79. The first-order valence-corrected chi connectivity index (χ1v) is 23.1. The number of likely N-dealkylation sites (tertiary alicyclic amines) is 1. The van der Waals surface area contributed by atoms with Gasteiger partial charge in [0.2, 0.25) is 0 Å². The predicted octanol–water partition coefficient (Wildman–Crippen LogP) is 12.6. The number of carbonyl (C=O) groups excluding carboxylic acids is 2. The molecule has 2 unspecified atom stereocenters. The van der Waals surface area contributed by atoms with Crippen LogP contribution >= 0.6 is 0 Å². The maximum Gasteiger partial charge on any atom is 0.306 e. The fraction of sp³-hybridized carbons (Fsp3) is 0.957. The predicted molar refractivity (Wildman–Crippen MR) is 221 cm³/mol. The zero-order valence-corrected chi connectivity index (χ0v) is 35.3. The molecule has 0 radical (unpaired) electrons. The highest BCUT2D eigenvalue weighted by molar-refractivity contribution is 5.70. The standard InChI is InChI=1S/C46H89NO5/c1-5-9-13-17-19-23-29-41(27-21-15-11-7-3)37-45(49)51-39-44(43-31-34-47(35-32-43)33-25-26-36-48)40-52-46(50)38-42(28-22-16-12-8-4)30-24-20-18-14-10-6-2/h41-44,48H,5-40H2,1-4H3. The molecule has 0 amide bonds. The van der Waals surface area contributed by atoms with Crippen LogP contribution in [-0.4, -0.2) is 61.4 Å². The van der Waals surface area contributed by atoms with Crippen LogP contribution in [0.2, 0.25) is 0 Å². The summed E-state index contributed by atoms with van der Waals surface area (Å²) in [5, 5.41) is 9.22. The smallest absolute Gasteiger partial charge is 0.306 e. The van der Waals surface area contributed by atoms with Gasteiger partial charge in [0.15, 0.2) is 0 Å². The summed E-state index contributed by atoms with van der Waals surface area (Å²) in [6.07, 6.45) is 34.8. The van der Waals surface area contributed by atoms with Crippen LogP contribution in [0.25, 0.3) is 0 Å². The first-order chi connectivity index (χ1) is 25.5. The van der Waals surface area contributed by atoms with Crippen molar-refractivity contribution >= 4 is 11.9 Å². The number of unbranched alkanes of at least 4 members (excludes halogenated alkanes) is 17. The lowest BCUT2D eigenvalue weighted by molar-refractivity contribution is -0.152. The van der Waals surface area contributed by atoms with Gasteiger partial charge in [0.1, 0.15) is 0 Å². The number of aliphatic hydroxyl groups excluding tert-OH is 1. The maximum atomic E-state index is 13.4. The van der Waals surface area contributed by atoms with E-state index in [0.717, 1.165) is 71.0 Å². The molecule has 0 aliphatic carbocycles. The first-order valence-electron chi connectivity index (χ1n) is 23.1. The van der Waals surface area contributed by atoms with Crippen LogP contribution in [0.4, 0.5) is 0 Å². The summed E-state index contributed by atoms with van der Waals surface area (Å²) < 4.78 is 12.2. The molecule has 0 aromatic heterocycles. The van der Waals surface area contributed by atoms with E-state index >= 15 is 0 Å². The number of hydrogen-bond acceptors (Lipinski definition) is 6. The van der Waals surface area contributed by atoms with Crippen molar-refractivity contribution in [2.24, 2.45) is 23.7 Å². The monoisotopic (exact) mass is 736 g/mol. The molecule has 0 spiro atoms. The molecule has 1 aliphatic heterocycles. The van der Waals surface area contributed by atoms with Crippen molar-refractivity contribution < 1.29 is 24.2 Å². The minimum atomic E-state index is -0.0599. The zero-order valence-electron chi connectivity index (χ0n) is 35.3. The van der Waals surface area contributed by atoms with Crippen molar-refractivity contribution in [2.45, 2.75) is 220 Å². The van der Waals surface area contributed by atoms with Crippen LogP contribution in [0.15, 0.2) is 0 Å². The molecule has 6 heteroatoms. The third kappa shape index (κ3) is 27.4. The molecule has 52 heavy (non-hydrogen) atoms. The van der Waals surface area contributed by atoms with Crippen LogP contribution in [0, 0.1) is 23.7 Å². The second-order valence-corrected chi connectivity index (χ2v) is 16.7. The Morgan fingerprint density at radius 2 is 0.904 bits per heavy atom. The number of carbonyl (C=O) groups is 2. The Labute approximate surface area is 323 Å². The van der Waals surface area contributed by atoms with Crippen molar-refractivity contribution in [1.82, 2.24) is 4.90 Å². The van der Waals surface area contributed by atoms with Crippen molar-refractivity contribution in [2.75, 3.05) is 39.5 Å². The number of ether oxygens (including phenoxy) is 2. The Hall–Kier alpha value is -1.14. The second-order valence-electron chi connectivity index (χ2n) is 16.7. The lowest BCUT2D eigenvalue weighted by atomic mass is 9.85. The van der Waals surface area contributed by atoms with Crippen LogP contribution in [-0.2, 0) is 19.1 Å². The highest BCUT2D eigenvalue weighted by atomic mass is 16.5. The summed E-state index contributed by atoms with van der Waals surface area (Å²) in [4.78, 5) is 29.2. The van der Waals surface area contributed by atoms with E-state index in [4.69, 9.17) is 9.47 Å². The summed E-state index contributed by atoms with van der Waals surface area (Å²) >= 11 is 0. The summed E-state index contributed by atoms with van der Waals surface area (Å²) in [6, 6.07) is 0. The zero-order chi connectivity index (χ0) is 37.9. The van der Waals surface area contributed by atoms with Crippen molar-refractivity contribution in [3.05, 3.63) is 0 Å². The number of piperidine rings is 1. The minimum absolute atomic E-state index is 0.0515. The van der Waals surface area contributed by atoms with Crippen LogP contribution in [0.3, 0.4) is 0 Å². The van der Waals surface area contributed by atoms with Gasteiger partial charge in [-0.25, -0.2) is 0 Å². The maximum absolute atomic E-state index is 13.4. The molecule has 0 saturated carbocycles. The second kappa shape index (κ2) is 35.6. The molecule has 1 fully saturated rings. The highest BCUT2D eigenvalue weighted by Gasteiger charge is 2.29. The SMILES string of the molecule is CCCCCCCCC(CCCCCC)CC(=O)OCC(COC(=O)CC(CCCCCC)CCCCCCCC)C1CCN(CCCCO)CC1. The molecule has 1 saturated heterocycles. The largest absolute Gasteiger partial charge is 0.465 e. The Kier molecular flexibility index (Phi) is 33.4. The summed E-state index contributed by atoms with van der Waals surface area (Å²) in [6.45, 7) is 13.1.